The molecule has 0 N–H and O–H groups in total. The average molecular weight is 438 g/mol. The number of carbonyl (C=O) groups is 2. The van der Waals surface area contributed by atoms with Crippen molar-refractivity contribution in [2.24, 2.45) is 0 Å². The maximum absolute atomic E-state index is 13.2. The zero-order valence-electron chi connectivity index (χ0n) is 18.3. The molecule has 1 aromatic rings. The van der Waals surface area contributed by atoms with Crippen LogP contribution in [0.5, 0.6) is 0 Å². The van der Waals surface area contributed by atoms with Gasteiger partial charge in [-0.25, -0.2) is 9.59 Å². The minimum Gasteiger partial charge on any atom is -0.444 e. The predicted octanol–water partition coefficient (Wildman–Crippen LogP) is 4.16. The fourth-order valence-corrected chi connectivity index (χ4v) is 4.30. The maximum Gasteiger partial charge on any atom is 0.410 e. The van der Waals surface area contributed by atoms with Crippen LogP contribution < -0.4 is 0 Å². The van der Waals surface area contributed by atoms with E-state index in [2.05, 4.69) is 0 Å². The summed E-state index contributed by atoms with van der Waals surface area (Å²) in [5.41, 5.74) is 0.517. The molecule has 8 heteroatoms. The Kier molecular flexibility index (Phi) is 7.14. The topological polar surface area (TPSA) is 62.3 Å². The summed E-state index contributed by atoms with van der Waals surface area (Å²) in [5.74, 6) is 0. The van der Waals surface area contributed by atoms with Crippen molar-refractivity contribution in [2.45, 2.75) is 51.3 Å². The average Bonchev–Trinajstić information content (AvgIpc) is 3.01. The van der Waals surface area contributed by atoms with Gasteiger partial charge in [-0.05, 0) is 51.3 Å². The summed E-state index contributed by atoms with van der Waals surface area (Å²) in [6.45, 7) is 8.40. The number of hydrogen-bond acceptors (Lipinski definition) is 4. The van der Waals surface area contributed by atoms with Gasteiger partial charge in [-0.1, -0.05) is 23.7 Å². The van der Waals surface area contributed by atoms with Crippen molar-refractivity contribution in [3.8, 4) is 0 Å². The first kappa shape index (κ1) is 22.7. The normalized spacial score (nSPS) is 20.8. The fourth-order valence-electron chi connectivity index (χ4n) is 4.10. The van der Waals surface area contributed by atoms with Crippen LogP contribution in [-0.4, -0.2) is 78.4 Å². The minimum absolute atomic E-state index is 0.0211. The molecule has 1 atom stereocenters. The van der Waals surface area contributed by atoms with E-state index in [-0.39, 0.29) is 24.2 Å². The summed E-state index contributed by atoms with van der Waals surface area (Å²) in [5, 5.41) is 0.662. The van der Waals surface area contributed by atoms with Crippen molar-refractivity contribution in [3.05, 3.63) is 34.9 Å². The fraction of sp³-hybridized carbons (Fsp3) is 0.636. The lowest BCUT2D eigenvalue weighted by Gasteiger charge is -2.39. The van der Waals surface area contributed by atoms with Crippen molar-refractivity contribution >= 4 is 23.7 Å². The molecular weight excluding hydrogens is 406 g/mol. The van der Waals surface area contributed by atoms with Crippen molar-refractivity contribution < 1.29 is 19.1 Å². The van der Waals surface area contributed by atoms with Gasteiger partial charge >= 0.3 is 12.1 Å². The van der Waals surface area contributed by atoms with Gasteiger partial charge in [-0.15, -0.1) is 0 Å². The van der Waals surface area contributed by atoms with Crippen molar-refractivity contribution in [1.29, 1.82) is 0 Å². The van der Waals surface area contributed by atoms with Gasteiger partial charge in [0.2, 0.25) is 0 Å². The van der Waals surface area contributed by atoms with Crippen molar-refractivity contribution in [3.63, 3.8) is 0 Å². The Morgan fingerprint density at radius 2 is 1.93 bits per heavy atom. The molecule has 3 rings (SSSR count). The lowest BCUT2D eigenvalue weighted by molar-refractivity contribution is 0.0157. The second-order valence-electron chi connectivity index (χ2n) is 8.90. The number of amides is 3. The van der Waals surface area contributed by atoms with Crippen LogP contribution in [0.25, 0.3) is 0 Å². The number of carbonyl (C=O) groups excluding carboxylic acids is 2. The summed E-state index contributed by atoms with van der Waals surface area (Å²) in [7, 11) is 1.64. The highest BCUT2D eigenvalue weighted by molar-refractivity contribution is 6.30. The van der Waals surface area contributed by atoms with Gasteiger partial charge < -0.3 is 24.2 Å². The van der Waals surface area contributed by atoms with Gasteiger partial charge in [0.25, 0.3) is 0 Å². The summed E-state index contributed by atoms with van der Waals surface area (Å²) in [6.07, 6.45) is 1.15. The highest BCUT2D eigenvalue weighted by atomic mass is 35.5. The van der Waals surface area contributed by atoms with E-state index in [9.17, 15) is 9.59 Å². The highest BCUT2D eigenvalue weighted by Gasteiger charge is 2.43. The number of benzene rings is 1. The van der Waals surface area contributed by atoms with Gasteiger partial charge in [-0.3, -0.25) is 0 Å². The third-order valence-corrected chi connectivity index (χ3v) is 5.76. The number of halogens is 1. The Morgan fingerprint density at radius 3 is 2.53 bits per heavy atom. The third kappa shape index (κ3) is 5.38. The van der Waals surface area contributed by atoms with E-state index < -0.39 is 5.60 Å². The number of ether oxygens (including phenoxy) is 2. The van der Waals surface area contributed by atoms with Crippen LogP contribution in [0.2, 0.25) is 5.02 Å². The lowest BCUT2D eigenvalue weighted by atomic mass is 9.99. The Balaban J connectivity index is 1.73. The zero-order valence-corrected chi connectivity index (χ0v) is 19.0. The first-order valence-electron chi connectivity index (χ1n) is 10.5. The molecule has 2 fully saturated rings. The number of hydrogen-bond donors (Lipinski definition) is 0. The Bertz CT molecular complexity index is 759. The lowest BCUT2D eigenvalue weighted by Crippen LogP contribution is -2.49. The quantitative estimate of drug-likeness (QED) is 0.693. The number of likely N-dealkylation sites (tertiary alicyclic amines) is 1. The van der Waals surface area contributed by atoms with Crippen molar-refractivity contribution in [1.82, 2.24) is 14.7 Å². The molecule has 0 spiro atoms. The molecule has 2 saturated heterocycles. The molecule has 0 radical (unpaired) electrons. The second kappa shape index (κ2) is 9.43. The van der Waals surface area contributed by atoms with Crippen LogP contribution in [0.4, 0.5) is 9.59 Å². The van der Waals surface area contributed by atoms with Gasteiger partial charge in [0.15, 0.2) is 0 Å². The molecule has 1 unspecified atom stereocenters. The molecule has 0 bridgehead atoms. The molecule has 2 aliphatic rings. The number of rotatable bonds is 5. The molecule has 0 saturated carbocycles. The van der Waals surface area contributed by atoms with Crippen LogP contribution in [0.15, 0.2) is 24.3 Å². The molecule has 7 nitrogen and oxygen atoms in total. The zero-order chi connectivity index (χ0) is 21.9. The van der Waals surface area contributed by atoms with E-state index in [0.717, 1.165) is 18.4 Å². The van der Waals surface area contributed by atoms with Gasteiger partial charge in [0.1, 0.15) is 5.60 Å². The largest absolute Gasteiger partial charge is 0.444 e. The summed E-state index contributed by atoms with van der Waals surface area (Å²) < 4.78 is 10.7. The molecular formula is C22H32ClN3O4. The number of urea groups is 1. The van der Waals surface area contributed by atoms with E-state index in [1.807, 2.05) is 54.8 Å². The van der Waals surface area contributed by atoms with Crippen molar-refractivity contribution in [2.75, 3.05) is 39.9 Å². The number of nitrogens with zero attached hydrogens (tertiary/aromatic N) is 3. The van der Waals surface area contributed by atoms with Gasteiger partial charge in [0, 0.05) is 44.4 Å². The second-order valence-corrected chi connectivity index (χ2v) is 9.33. The van der Waals surface area contributed by atoms with E-state index >= 15 is 0 Å². The molecule has 0 aromatic heterocycles. The Hall–Kier alpha value is -1.99. The molecule has 0 aliphatic carbocycles. The third-order valence-electron chi connectivity index (χ3n) is 5.53. The number of methoxy groups -OCH3 is 1. The van der Waals surface area contributed by atoms with Crippen LogP contribution in [0, 0.1) is 0 Å². The summed E-state index contributed by atoms with van der Waals surface area (Å²) >= 11 is 6.22. The van der Waals surface area contributed by atoms with E-state index in [4.69, 9.17) is 21.1 Å². The van der Waals surface area contributed by atoms with E-state index in [1.54, 1.807) is 12.0 Å². The Morgan fingerprint density at radius 1 is 1.23 bits per heavy atom. The first-order chi connectivity index (χ1) is 14.2. The van der Waals surface area contributed by atoms with E-state index in [1.165, 1.54) is 0 Å². The van der Waals surface area contributed by atoms with Gasteiger partial charge in [-0.2, -0.15) is 0 Å². The van der Waals surface area contributed by atoms with Crippen LogP contribution >= 0.6 is 11.6 Å². The Labute approximate surface area is 183 Å². The standard InChI is InChI=1S/C22H32ClN3O4/c1-22(2,3)30-21(28)24-10-8-18(9-11-24)26-19(16-6-5-7-17(23)14-16)15-25(20(26)27)12-13-29-4/h5-7,14,18-19H,8-13,15H2,1-4H3. The van der Waals surface area contributed by atoms with Gasteiger partial charge in [0.05, 0.1) is 12.6 Å². The molecule has 166 valence electrons. The van der Waals surface area contributed by atoms with E-state index in [0.29, 0.717) is 37.8 Å². The van der Waals surface area contributed by atoms with Crippen LogP contribution in [0.1, 0.15) is 45.2 Å². The molecule has 2 heterocycles. The van der Waals surface area contributed by atoms with Crippen LogP contribution in [-0.2, 0) is 9.47 Å². The van der Waals surface area contributed by atoms with Crippen LogP contribution in [0.3, 0.4) is 0 Å². The molecule has 30 heavy (non-hydrogen) atoms. The highest BCUT2D eigenvalue weighted by Crippen LogP contribution is 2.35. The molecule has 2 aliphatic heterocycles. The SMILES string of the molecule is COCCN1CC(c2cccc(Cl)c2)N(C2CCN(C(=O)OC(C)(C)C)CC2)C1=O. The summed E-state index contributed by atoms with van der Waals surface area (Å²) in [4.78, 5) is 31.2. The monoisotopic (exact) mass is 437 g/mol. The predicted molar refractivity (Wildman–Crippen MR) is 116 cm³/mol. The minimum atomic E-state index is -0.516. The molecule has 3 amide bonds. The molecule has 1 aromatic carbocycles. The maximum atomic E-state index is 13.2. The number of piperidine rings is 1. The first-order valence-corrected chi connectivity index (χ1v) is 10.9. The summed E-state index contributed by atoms with van der Waals surface area (Å²) in [6, 6.07) is 7.73. The smallest absolute Gasteiger partial charge is 0.410 e.